The summed E-state index contributed by atoms with van der Waals surface area (Å²) in [6, 6.07) is 110. The van der Waals surface area contributed by atoms with E-state index < -0.39 is 10.8 Å². The van der Waals surface area contributed by atoms with Crippen LogP contribution in [0.2, 0.25) is 0 Å². The Morgan fingerprint density at radius 1 is 0.250 bits per heavy atom. The molecule has 1 nitrogen and oxygen atoms in total. The number of hydrogen-bond donors (Lipinski definition) is 0. The Bertz CT molecular complexity index is 5030. The third kappa shape index (κ3) is 6.44. The maximum absolute atomic E-state index is 2.55. The fourth-order valence-corrected chi connectivity index (χ4v) is 15.7. The first-order chi connectivity index (χ1) is 41.5. The van der Waals surface area contributed by atoms with Gasteiger partial charge >= 0.3 is 0 Å². The van der Waals surface area contributed by atoms with Gasteiger partial charge in [0, 0.05) is 16.5 Å². The molecule has 2 spiro atoms. The summed E-state index contributed by atoms with van der Waals surface area (Å²) in [6.45, 7) is 2.24. The van der Waals surface area contributed by atoms with Crippen LogP contribution in [-0.2, 0) is 10.8 Å². The average Bonchev–Trinajstić information content (AvgIpc) is 1.73. The molecule has 390 valence electrons. The first-order valence-electron chi connectivity index (χ1n) is 29.5. The van der Waals surface area contributed by atoms with Crippen LogP contribution in [0.1, 0.15) is 61.2 Å². The number of nitrogens with zero attached hydrogens (tertiary/aromatic N) is 1. The van der Waals surface area contributed by atoms with Gasteiger partial charge in [0.15, 0.2) is 0 Å². The fourth-order valence-electron chi connectivity index (χ4n) is 15.7. The summed E-state index contributed by atoms with van der Waals surface area (Å²) in [5.74, 6) is 0. The van der Waals surface area contributed by atoms with Crippen LogP contribution in [-0.4, -0.2) is 4.57 Å². The topological polar surface area (TPSA) is 4.93 Å². The lowest BCUT2D eigenvalue weighted by atomic mass is 9.69. The summed E-state index contributed by atoms with van der Waals surface area (Å²) in [7, 11) is 0. The fraction of sp³-hybridized carbons (Fsp3) is 0.0361. The number of para-hydroxylation sites is 2. The number of rotatable bonds is 6. The maximum Gasteiger partial charge on any atom is 0.0725 e. The highest BCUT2D eigenvalue weighted by molar-refractivity contribution is 6.10. The normalized spacial score (nSPS) is 13.9. The van der Waals surface area contributed by atoms with Gasteiger partial charge in [-0.3, -0.25) is 0 Å². The largest absolute Gasteiger partial charge is 0.309 e. The molecule has 0 atom stereocenters. The molecule has 1 heteroatoms. The highest BCUT2D eigenvalue weighted by Gasteiger charge is 2.53. The lowest BCUT2D eigenvalue weighted by Gasteiger charge is -2.31. The summed E-state index contributed by atoms with van der Waals surface area (Å²) >= 11 is 0. The van der Waals surface area contributed by atoms with Gasteiger partial charge in [-0.05, 0) is 189 Å². The van der Waals surface area contributed by atoms with Crippen LogP contribution in [0.3, 0.4) is 0 Å². The van der Waals surface area contributed by atoms with Gasteiger partial charge in [-0.25, -0.2) is 0 Å². The Balaban J connectivity index is 0.696. The summed E-state index contributed by atoms with van der Waals surface area (Å²) in [4.78, 5) is 0. The van der Waals surface area contributed by atoms with Crippen molar-refractivity contribution in [3.63, 3.8) is 0 Å². The molecule has 4 aliphatic rings. The van der Waals surface area contributed by atoms with Crippen LogP contribution in [0.5, 0.6) is 0 Å². The van der Waals surface area contributed by atoms with Crippen LogP contribution in [0, 0.1) is 6.92 Å². The molecule has 1 heterocycles. The van der Waals surface area contributed by atoms with E-state index in [9.17, 15) is 0 Å². The highest BCUT2D eigenvalue weighted by atomic mass is 15.0. The standard InChI is InChI=1S/C83H53N/c1-52-27-42-66-67-44-39-59(50-78(67)82(76(66)47-52)72-22-10-5-17-62(72)63-18-6-11-23-73(63)82)60-40-45-69-68-43-38-58(49-77(68)83(79(69)51-60)74-24-12-7-19-64(74)65-20-8-13-25-75(65)83)56-36-32-54(33-37-56)29-28-53-30-34-55(35-31-53)57-41-46-81-71(48-57)70-21-9-14-26-80(70)84(81)61-15-3-2-4-16-61/h2-51H,1H3/b29-28+. The van der Waals surface area contributed by atoms with Crippen molar-refractivity contribution in [3.8, 4) is 83.6 Å². The second kappa shape index (κ2) is 17.7. The second-order valence-electron chi connectivity index (χ2n) is 23.5. The molecule has 0 saturated carbocycles. The van der Waals surface area contributed by atoms with Gasteiger partial charge in [0.25, 0.3) is 0 Å². The van der Waals surface area contributed by atoms with Gasteiger partial charge in [-0.15, -0.1) is 0 Å². The number of aromatic nitrogens is 1. The zero-order valence-corrected chi connectivity index (χ0v) is 46.3. The third-order valence-corrected chi connectivity index (χ3v) is 19.3. The highest BCUT2D eigenvalue weighted by Crippen LogP contribution is 2.65. The van der Waals surface area contributed by atoms with Crippen LogP contribution in [0.4, 0.5) is 0 Å². The number of benzene rings is 13. The molecule has 1 aromatic heterocycles. The van der Waals surface area contributed by atoms with Crippen molar-refractivity contribution in [2.45, 2.75) is 17.8 Å². The summed E-state index contributed by atoms with van der Waals surface area (Å²) in [6.07, 6.45) is 4.45. The minimum atomic E-state index is -0.507. The zero-order valence-electron chi connectivity index (χ0n) is 46.3. The molecular formula is C83H53N. The minimum Gasteiger partial charge on any atom is -0.309 e. The number of fused-ring (bicyclic) bond motifs is 23. The van der Waals surface area contributed by atoms with Crippen molar-refractivity contribution in [2.75, 3.05) is 0 Å². The van der Waals surface area contributed by atoms with Crippen molar-refractivity contribution < 1.29 is 0 Å². The minimum absolute atomic E-state index is 0.416. The summed E-state index contributed by atoms with van der Waals surface area (Å²) in [5.41, 5.74) is 35.0. The number of aryl methyl sites for hydroxylation is 1. The van der Waals surface area contributed by atoms with Crippen LogP contribution >= 0.6 is 0 Å². The van der Waals surface area contributed by atoms with E-state index in [1.54, 1.807) is 0 Å². The lowest BCUT2D eigenvalue weighted by Crippen LogP contribution is -2.26. The molecule has 0 bridgehead atoms. The predicted octanol–water partition coefficient (Wildman–Crippen LogP) is 21.0. The molecule has 0 saturated heterocycles. The molecule has 14 aromatic rings. The van der Waals surface area contributed by atoms with E-state index >= 15 is 0 Å². The predicted molar refractivity (Wildman–Crippen MR) is 350 cm³/mol. The van der Waals surface area contributed by atoms with Crippen LogP contribution in [0.15, 0.2) is 291 Å². The van der Waals surface area contributed by atoms with Gasteiger partial charge in [-0.1, -0.05) is 260 Å². The molecule has 0 N–H and O–H groups in total. The quantitative estimate of drug-likeness (QED) is 0.146. The van der Waals surface area contributed by atoms with E-state index in [-0.39, 0.29) is 0 Å². The van der Waals surface area contributed by atoms with Crippen molar-refractivity contribution in [1.29, 1.82) is 0 Å². The first-order valence-corrected chi connectivity index (χ1v) is 29.5. The van der Waals surface area contributed by atoms with E-state index in [1.165, 1.54) is 161 Å². The Hall–Kier alpha value is -10.6. The van der Waals surface area contributed by atoms with Crippen LogP contribution in [0.25, 0.3) is 118 Å². The molecule has 0 unspecified atom stereocenters. The van der Waals surface area contributed by atoms with E-state index in [2.05, 4.69) is 315 Å². The van der Waals surface area contributed by atoms with E-state index in [0.29, 0.717) is 0 Å². The third-order valence-electron chi connectivity index (χ3n) is 19.3. The van der Waals surface area contributed by atoms with Crippen LogP contribution < -0.4 is 0 Å². The zero-order chi connectivity index (χ0) is 55.3. The van der Waals surface area contributed by atoms with Crippen molar-refractivity contribution in [3.05, 3.63) is 352 Å². The maximum atomic E-state index is 2.55. The molecule has 13 aromatic carbocycles. The van der Waals surface area contributed by atoms with Crippen molar-refractivity contribution in [2.24, 2.45) is 0 Å². The van der Waals surface area contributed by atoms with E-state index in [1.807, 2.05) is 0 Å². The Morgan fingerprint density at radius 2 is 0.595 bits per heavy atom. The van der Waals surface area contributed by atoms with Gasteiger partial charge < -0.3 is 4.57 Å². The summed E-state index contributed by atoms with van der Waals surface area (Å²) < 4.78 is 2.37. The monoisotopic (exact) mass is 1060 g/mol. The Morgan fingerprint density at radius 3 is 1.08 bits per heavy atom. The second-order valence-corrected chi connectivity index (χ2v) is 23.5. The molecule has 0 aliphatic heterocycles. The first kappa shape index (κ1) is 47.1. The van der Waals surface area contributed by atoms with Gasteiger partial charge in [0.1, 0.15) is 0 Å². The Kier molecular flexibility index (Phi) is 9.92. The van der Waals surface area contributed by atoms with E-state index in [4.69, 9.17) is 0 Å². The molecule has 4 aliphatic carbocycles. The molecule has 18 rings (SSSR count). The summed E-state index contributed by atoms with van der Waals surface area (Å²) in [5, 5.41) is 2.52. The molecule has 84 heavy (non-hydrogen) atoms. The SMILES string of the molecule is Cc1ccc2c(c1)C1(c3ccccc3-c3ccccc31)c1cc(-c3ccc4c(c3)C3(c5ccccc5-c5ccccc53)c3cc(-c5ccc(/C=C/c6ccc(-c7ccc8c(c7)c7ccccc7n8-c7ccccc7)cc6)cc5)ccc3-4)ccc1-2. The smallest absolute Gasteiger partial charge is 0.0725 e. The molecule has 0 radical (unpaired) electrons. The average molecular weight is 1060 g/mol. The van der Waals surface area contributed by atoms with Crippen molar-refractivity contribution in [1.82, 2.24) is 4.57 Å². The Labute approximate surface area is 489 Å². The number of hydrogen-bond acceptors (Lipinski definition) is 0. The van der Waals surface area contributed by atoms with E-state index in [0.717, 1.165) is 5.56 Å². The van der Waals surface area contributed by atoms with Gasteiger partial charge in [0.05, 0.1) is 21.9 Å². The molecule has 0 fully saturated rings. The molecule has 0 amide bonds. The lowest BCUT2D eigenvalue weighted by molar-refractivity contribution is 0.792. The van der Waals surface area contributed by atoms with Gasteiger partial charge in [0.2, 0.25) is 0 Å². The van der Waals surface area contributed by atoms with Gasteiger partial charge in [-0.2, -0.15) is 0 Å². The van der Waals surface area contributed by atoms with Crippen molar-refractivity contribution >= 4 is 34.0 Å². The molecular weight excluding hydrogens is 1010 g/mol.